The third kappa shape index (κ3) is 2.07. The Morgan fingerprint density at radius 2 is 2.27 bits per heavy atom. The molecule has 0 atom stereocenters. The lowest BCUT2D eigenvalue weighted by Crippen LogP contribution is -2.23. The molecule has 0 aliphatic carbocycles. The minimum atomic E-state index is 1.16. The molecule has 0 fully saturated rings. The second-order valence-electron chi connectivity index (χ2n) is 3.10. The second kappa shape index (κ2) is 3.56. The first-order valence-corrected chi connectivity index (χ1v) is 4.26. The van der Waals surface area contributed by atoms with Gasteiger partial charge in [-0.1, -0.05) is 13.3 Å². The van der Waals surface area contributed by atoms with E-state index in [0.717, 1.165) is 6.54 Å². The third-order valence-corrected chi connectivity index (χ3v) is 1.92. The van der Waals surface area contributed by atoms with E-state index >= 15 is 0 Å². The quantitative estimate of drug-likeness (QED) is 0.581. The predicted octanol–water partition coefficient (Wildman–Crippen LogP) is 1.42. The largest absolute Gasteiger partial charge is 0.243 e. The molecular weight excluding hydrogens is 136 g/mol. The van der Waals surface area contributed by atoms with Crippen LogP contribution in [0, 0.1) is 6.92 Å². The van der Waals surface area contributed by atoms with Crippen LogP contribution >= 0.6 is 0 Å². The van der Waals surface area contributed by atoms with Gasteiger partial charge in [0, 0.05) is 6.92 Å². The first-order chi connectivity index (χ1) is 5.24. The average Bonchev–Trinajstić information content (AvgIpc) is 2.26. The summed E-state index contributed by atoms with van der Waals surface area (Å²) in [5, 5.41) is 0. The number of unbranched alkanes of at least 4 members (excludes halogenated alkanes) is 1. The van der Waals surface area contributed by atoms with Gasteiger partial charge >= 0.3 is 0 Å². The van der Waals surface area contributed by atoms with Crippen molar-refractivity contribution in [2.45, 2.75) is 33.2 Å². The number of aryl methyl sites for hydroxylation is 3. The maximum atomic E-state index is 2.30. The minimum Gasteiger partial charge on any atom is -0.239 e. The molecule has 0 saturated carbocycles. The summed E-state index contributed by atoms with van der Waals surface area (Å²) in [5.74, 6) is 0. The molecule has 0 N–H and O–H groups in total. The van der Waals surface area contributed by atoms with Crippen molar-refractivity contribution in [1.82, 2.24) is 4.57 Å². The Hall–Kier alpha value is -0.790. The Labute approximate surface area is 68.5 Å². The van der Waals surface area contributed by atoms with Crippen LogP contribution in [-0.2, 0) is 13.6 Å². The van der Waals surface area contributed by atoms with Crippen molar-refractivity contribution in [3.05, 3.63) is 18.2 Å². The Balaban J connectivity index is 2.62. The highest BCUT2D eigenvalue weighted by atomic mass is 15.1. The average molecular weight is 153 g/mol. The standard InChI is InChI=1S/C9H17N2/c1-4-5-6-11-8-10(3)7-9(11)2/h7-8H,4-6H2,1-3H3/q+1. The number of hydrogen-bond donors (Lipinski definition) is 0. The zero-order valence-electron chi connectivity index (χ0n) is 7.67. The monoisotopic (exact) mass is 153 g/mol. The van der Waals surface area contributed by atoms with E-state index in [9.17, 15) is 0 Å². The molecule has 0 radical (unpaired) electrons. The Morgan fingerprint density at radius 3 is 2.73 bits per heavy atom. The molecule has 1 rings (SSSR count). The van der Waals surface area contributed by atoms with Crippen molar-refractivity contribution in [3.63, 3.8) is 0 Å². The molecule has 0 unspecified atom stereocenters. The second-order valence-corrected chi connectivity index (χ2v) is 3.10. The van der Waals surface area contributed by atoms with Crippen molar-refractivity contribution < 1.29 is 4.57 Å². The van der Waals surface area contributed by atoms with Crippen LogP contribution in [0.5, 0.6) is 0 Å². The summed E-state index contributed by atoms with van der Waals surface area (Å²) in [6.07, 6.45) is 6.83. The molecule has 0 amide bonds. The summed E-state index contributed by atoms with van der Waals surface area (Å²) in [7, 11) is 2.06. The van der Waals surface area contributed by atoms with E-state index in [4.69, 9.17) is 0 Å². The summed E-state index contributed by atoms with van der Waals surface area (Å²) in [4.78, 5) is 0. The molecule has 0 aliphatic heterocycles. The van der Waals surface area contributed by atoms with E-state index in [0.29, 0.717) is 0 Å². The lowest BCUT2D eigenvalue weighted by Gasteiger charge is -1.94. The summed E-state index contributed by atoms with van der Waals surface area (Å²) in [5.41, 5.74) is 1.35. The molecular formula is C9H17N2+. The number of rotatable bonds is 3. The van der Waals surface area contributed by atoms with Crippen LogP contribution < -0.4 is 4.57 Å². The topological polar surface area (TPSA) is 8.81 Å². The fourth-order valence-electron chi connectivity index (χ4n) is 1.28. The lowest BCUT2D eigenvalue weighted by atomic mass is 10.3. The van der Waals surface area contributed by atoms with Gasteiger partial charge in [-0.05, 0) is 6.42 Å². The SMILES string of the molecule is CCCCn1c[n+](C)cc1C. The molecule has 0 aromatic carbocycles. The fourth-order valence-corrected chi connectivity index (χ4v) is 1.28. The molecule has 2 nitrogen and oxygen atoms in total. The molecule has 1 aromatic heterocycles. The van der Waals surface area contributed by atoms with Gasteiger partial charge in [-0.25, -0.2) is 9.13 Å². The zero-order valence-corrected chi connectivity index (χ0v) is 7.67. The van der Waals surface area contributed by atoms with Gasteiger partial charge < -0.3 is 0 Å². The smallest absolute Gasteiger partial charge is 0.239 e. The fraction of sp³-hybridized carbons (Fsp3) is 0.667. The summed E-state index contributed by atoms with van der Waals surface area (Å²) in [6.45, 7) is 5.53. The van der Waals surface area contributed by atoms with Gasteiger partial charge in [0.15, 0.2) is 0 Å². The number of aromatic nitrogens is 2. The Morgan fingerprint density at radius 1 is 1.55 bits per heavy atom. The van der Waals surface area contributed by atoms with Gasteiger partial charge in [0.2, 0.25) is 6.33 Å². The molecule has 62 valence electrons. The molecule has 1 heterocycles. The van der Waals surface area contributed by atoms with Gasteiger partial charge in [0.1, 0.15) is 11.9 Å². The van der Waals surface area contributed by atoms with E-state index in [1.807, 2.05) is 0 Å². The first-order valence-electron chi connectivity index (χ1n) is 4.26. The van der Waals surface area contributed by atoms with Gasteiger partial charge in [-0.3, -0.25) is 0 Å². The van der Waals surface area contributed by atoms with Crippen molar-refractivity contribution >= 4 is 0 Å². The van der Waals surface area contributed by atoms with Crippen molar-refractivity contribution in [3.8, 4) is 0 Å². The number of hydrogen-bond acceptors (Lipinski definition) is 0. The molecule has 0 spiro atoms. The van der Waals surface area contributed by atoms with Gasteiger partial charge in [-0.15, -0.1) is 0 Å². The van der Waals surface area contributed by atoms with E-state index in [1.165, 1.54) is 18.5 Å². The third-order valence-electron chi connectivity index (χ3n) is 1.92. The number of nitrogens with zero attached hydrogens (tertiary/aromatic N) is 2. The molecule has 2 heteroatoms. The summed E-state index contributed by atoms with van der Waals surface area (Å²) >= 11 is 0. The Kier molecular flexibility index (Phi) is 2.69. The minimum absolute atomic E-state index is 1.16. The molecule has 0 aliphatic rings. The van der Waals surface area contributed by atoms with Gasteiger partial charge in [-0.2, -0.15) is 0 Å². The van der Waals surface area contributed by atoms with Crippen LogP contribution in [0.25, 0.3) is 0 Å². The summed E-state index contributed by atoms with van der Waals surface area (Å²) in [6, 6.07) is 0. The molecule has 0 saturated heterocycles. The normalized spacial score (nSPS) is 10.5. The van der Waals surface area contributed by atoms with Crippen molar-refractivity contribution in [2.24, 2.45) is 7.05 Å². The van der Waals surface area contributed by atoms with Crippen LogP contribution in [0.1, 0.15) is 25.5 Å². The Bertz CT molecular complexity index is 225. The van der Waals surface area contributed by atoms with Crippen LogP contribution in [0.15, 0.2) is 12.5 Å². The van der Waals surface area contributed by atoms with E-state index in [2.05, 4.69) is 42.6 Å². The van der Waals surface area contributed by atoms with Crippen LogP contribution in [0.3, 0.4) is 0 Å². The maximum Gasteiger partial charge on any atom is 0.243 e. The highest BCUT2D eigenvalue weighted by Crippen LogP contribution is 1.98. The maximum absolute atomic E-state index is 2.30. The first kappa shape index (κ1) is 8.31. The zero-order chi connectivity index (χ0) is 8.27. The molecule has 11 heavy (non-hydrogen) atoms. The van der Waals surface area contributed by atoms with E-state index in [-0.39, 0.29) is 0 Å². The van der Waals surface area contributed by atoms with Gasteiger partial charge in [0.25, 0.3) is 0 Å². The highest BCUT2D eigenvalue weighted by molar-refractivity contribution is 4.88. The lowest BCUT2D eigenvalue weighted by molar-refractivity contribution is -0.671. The summed E-state index contributed by atoms with van der Waals surface area (Å²) < 4.78 is 4.40. The van der Waals surface area contributed by atoms with Crippen molar-refractivity contribution in [2.75, 3.05) is 0 Å². The van der Waals surface area contributed by atoms with Crippen LogP contribution in [-0.4, -0.2) is 4.57 Å². The highest BCUT2D eigenvalue weighted by Gasteiger charge is 2.04. The van der Waals surface area contributed by atoms with Crippen LogP contribution in [0.4, 0.5) is 0 Å². The van der Waals surface area contributed by atoms with E-state index < -0.39 is 0 Å². The number of imidazole rings is 1. The predicted molar refractivity (Wildman–Crippen MR) is 45.3 cm³/mol. The van der Waals surface area contributed by atoms with Gasteiger partial charge in [0.05, 0.1) is 13.6 Å². The molecule has 1 aromatic rings. The van der Waals surface area contributed by atoms with Crippen molar-refractivity contribution in [1.29, 1.82) is 0 Å². The molecule has 0 bridgehead atoms. The van der Waals surface area contributed by atoms with E-state index in [1.54, 1.807) is 0 Å². The van der Waals surface area contributed by atoms with Crippen LogP contribution in [0.2, 0.25) is 0 Å².